The van der Waals surface area contributed by atoms with Gasteiger partial charge >= 0.3 is 0 Å². The maximum atomic E-state index is 10.9. The first-order valence-electron chi connectivity index (χ1n) is 4.86. The molecule has 0 atom stereocenters. The monoisotopic (exact) mass is 214 g/mol. The summed E-state index contributed by atoms with van der Waals surface area (Å²) in [4.78, 5) is 10.9. The second-order valence-corrected chi connectivity index (χ2v) is 3.10. The lowest BCUT2D eigenvalue weighted by molar-refractivity contribution is -0.104. The van der Waals surface area contributed by atoms with Crippen molar-refractivity contribution in [2.24, 2.45) is 0 Å². The number of carbonyl (C=O) groups excluding carboxylic acids is 1. The molecule has 0 spiro atoms. The van der Waals surface area contributed by atoms with Gasteiger partial charge in [-0.25, -0.2) is 0 Å². The normalized spacial score (nSPS) is 11.3. The fraction of sp³-hybridized carbons (Fsp3) is 0.0714. The molecule has 0 unspecified atom stereocenters. The minimum Gasteiger partial charge on any atom is -0.496 e. The Balaban J connectivity index is 3.44. The highest BCUT2D eigenvalue weighted by atomic mass is 16.5. The van der Waals surface area contributed by atoms with Crippen LogP contribution in [0.1, 0.15) is 5.56 Å². The average molecular weight is 214 g/mol. The van der Waals surface area contributed by atoms with Crippen LogP contribution in [0.2, 0.25) is 0 Å². The molecule has 0 N–H and O–H groups in total. The molecule has 1 rings (SSSR count). The van der Waals surface area contributed by atoms with Crippen molar-refractivity contribution in [1.29, 1.82) is 0 Å². The lowest BCUT2D eigenvalue weighted by Crippen LogP contribution is -1.93. The van der Waals surface area contributed by atoms with Crippen LogP contribution in [0.4, 0.5) is 0 Å². The number of allylic oxidation sites excluding steroid dienone is 4. The van der Waals surface area contributed by atoms with Gasteiger partial charge in [-0.1, -0.05) is 43.5 Å². The summed E-state index contributed by atoms with van der Waals surface area (Å²) in [5, 5.41) is 0. The molecule has 1 aromatic rings. The number of methoxy groups -OCH3 is 1. The van der Waals surface area contributed by atoms with Gasteiger partial charge in [0, 0.05) is 11.1 Å². The Morgan fingerprint density at radius 3 is 2.44 bits per heavy atom. The Hall–Kier alpha value is -2.09. The number of carbonyl (C=O) groups is 1. The van der Waals surface area contributed by atoms with Gasteiger partial charge in [0.25, 0.3) is 0 Å². The third-order valence-corrected chi connectivity index (χ3v) is 2.26. The van der Waals surface area contributed by atoms with Gasteiger partial charge in [0.1, 0.15) is 5.75 Å². The number of aldehydes is 1. The van der Waals surface area contributed by atoms with E-state index in [1.165, 1.54) is 6.08 Å². The number of hydrogen-bond acceptors (Lipinski definition) is 2. The maximum absolute atomic E-state index is 10.9. The van der Waals surface area contributed by atoms with Crippen molar-refractivity contribution >= 4 is 11.9 Å². The van der Waals surface area contributed by atoms with Crippen molar-refractivity contribution < 1.29 is 9.53 Å². The number of ether oxygens (including phenoxy) is 1. The molecule has 2 nitrogen and oxygen atoms in total. The summed E-state index contributed by atoms with van der Waals surface area (Å²) in [7, 11) is 1.59. The summed E-state index contributed by atoms with van der Waals surface area (Å²) in [6.45, 7) is 7.31. The van der Waals surface area contributed by atoms with E-state index in [1.54, 1.807) is 13.2 Å². The Kier molecular flexibility index (Phi) is 4.28. The van der Waals surface area contributed by atoms with Crippen LogP contribution < -0.4 is 4.74 Å². The Bertz CT molecular complexity index is 432. The van der Waals surface area contributed by atoms with Crippen molar-refractivity contribution in [2.45, 2.75) is 0 Å². The van der Waals surface area contributed by atoms with E-state index in [0.29, 0.717) is 11.3 Å². The molecule has 16 heavy (non-hydrogen) atoms. The van der Waals surface area contributed by atoms with E-state index in [2.05, 4.69) is 13.2 Å². The SMILES string of the molecule is C=C/C(C=O)=C(\C=C)c1ccccc1OC. The molecule has 0 aliphatic heterocycles. The smallest absolute Gasteiger partial charge is 0.150 e. The molecule has 2 heteroatoms. The second kappa shape index (κ2) is 5.71. The van der Waals surface area contributed by atoms with Crippen molar-refractivity contribution in [3.8, 4) is 5.75 Å². The number of para-hydroxylation sites is 1. The highest BCUT2D eigenvalue weighted by Crippen LogP contribution is 2.28. The van der Waals surface area contributed by atoms with E-state index in [1.807, 2.05) is 24.3 Å². The summed E-state index contributed by atoms with van der Waals surface area (Å²) in [5.41, 5.74) is 2.06. The van der Waals surface area contributed by atoms with E-state index in [-0.39, 0.29) is 0 Å². The van der Waals surface area contributed by atoms with Crippen LogP contribution >= 0.6 is 0 Å². The zero-order chi connectivity index (χ0) is 12.0. The lowest BCUT2D eigenvalue weighted by atomic mass is 9.99. The first-order chi connectivity index (χ1) is 7.78. The number of hydrogen-bond donors (Lipinski definition) is 0. The largest absolute Gasteiger partial charge is 0.496 e. The quantitative estimate of drug-likeness (QED) is 0.428. The van der Waals surface area contributed by atoms with Crippen LogP contribution in [0.15, 0.2) is 55.1 Å². The summed E-state index contributed by atoms with van der Waals surface area (Å²) >= 11 is 0. The molecule has 0 bridgehead atoms. The van der Waals surface area contributed by atoms with Crippen molar-refractivity contribution in [1.82, 2.24) is 0 Å². The molecule has 0 aromatic heterocycles. The molecule has 0 saturated heterocycles. The molecule has 0 saturated carbocycles. The minimum atomic E-state index is 0.500. The summed E-state index contributed by atoms with van der Waals surface area (Å²) < 4.78 is 5.24. The van der Waals surface area contributed by atoms with E-state index >= 15 is 0 Å². The van der Waals surface area contributed by atoms with Gasteiger partial charge in [-0.3, -0.25) is 4.79 Å². The Morgan fingerprint density at radius 2 is 1.94 bits per heavy atom. The standard InChI is InChI=1S/C14H14O2/c1-4-11(10-15)12(5-2)13-8-6-7-9-14(13)16-3/h4-10H,1-2H2,3H3/b12-11-. The van der Waals surface area contributed by atoms with Crippen molar-refractivity contribution in [3.63, 3.8) is 0 Å². The van der Waals surface area contributed by atoms with Gasteiger partial charge in [-0.15, -0.1) is 0 Å². The molecule has 0 fully saturated rings. The lowest BCUT2D eigenvalue weighted by Gasteiger charge is -2.10. The zero-order valence-corrected chi connectivity index (χ0v) is 9.27. The molecule has 0 amide bonds. The Morgan fingerprint density at radius 1 is 1.25 bits per heavy atom. The minimum absolute atomic E-state index is 0.500. The fourth-order valence-corrected chi connectivity index (χ4v) is 1.47. The van der Waals surface area contributed by atoms with Crippen LogP contribution in [0.25, 0.3) is 5.57 Å². The molecule has 82 valence electrons. The third kappa shape index (κ3) is 2.28. The zero-order valence-electron chi connectivity index (χ0n) is 9.27. The van der Waals surface area contributed by atoms with Crippen LogP contribution in [-0.4, -0.2) is 13.4 Å². The van der Waals surface area contributed by atoms with Crippen LogP contribution in [0.3, 0.4) is 0 Å². The highest BCUT2D eigenvalue weighted by molar-refractivity contribution is 5.95. The van der Waals surface area contributed by atoms with Gasteiger partial charge < -0.3 is 4.74 Å². The molecule has 0 aliphatic carbocycles. The summed E-state index contributed by atoms with van der Waals surface area (Å²) in [5.74, 6) is 0.707. The van der Waals surface area contributed by atoms with Crippen molar-refractivity contribution in [3.05, 3.63) is 60.7 Å². The molecular formula is C14H14O2. The fourth-order valence-electron chi connectivity index (χ4n) is 1.47. The van der Waals surface area contributed by atoms with E-state index in [9.17, 15) is 4.79 Å². The highest BCUT2D eigenvalue weighted by Gasteiger charge is 2.08. The Labute approximate surface area is 95.6 Å². The second-order valence-electron chi connectivity index (χ2n) is 3.10. The van der Waals surface area contributed by atoms with E-state index in [0.717, 1.165) is 17.4 Å². The molecule has 0 heterocycles. The predicted molar refractivity (Wildman–Crippen MR) is 66.4 cm³/mol. The van der Waals surface area contributed by atoms with Crippen LogP contribution in [0, 0.1) is 0 Å². The van der Waals surface area contributed by atoms with Gasteiger partial charge in [0.2, 0.25) is 0 Å². The van der Waals surface area contributed by atoms with Crippen molar-refractivity contribution in [2.75, 3.05) is 7.11 Å². The number of rotatable bonds is 5. The first kappa shape index (κ1) is 12.0. The van der Waals surface area contributed by atoms with Gasteiger partial charge in [0.05, 0.1) is 7.11 Å². The van der Waals surface area contributed by atoms with Crippen LogP contribution in [0.5, 0.6) is 5.75 Å². The van der Waals surface area contributed by atoms with Gasteiger partial charge in [-0.05, 0) is 11.6 Å². The molecule has 0 radical (unpaired) electrons. The number of benzene rings is 1. The summed E-state index contributed by atoms with van der Waals surface area (Å²) in [6.07, 6.45) is 3.90. The van der Waals surface area contributed by atoms with Gasteiger partial charge in [0.15, 0.2) is 6.29 Å². The molecule has 0 aliphatic rings. The summed E-state index contributed by atoms with van der Waals surface area (Å²) in [6, 6.07) is 7.47. The predicted octanol–water partition coefficient (Wildman–Crippen LogP) is 3.02. The van der Waals surface area contributed by atoms with Gasteiger partial charge in [-0.2, -0.15) is 0 Å². The van der Waals surface area contributed by atoms with E-state index < -0.39 is 0 Å². The van der Waals surface area contributed by atoms with E-state index in [4.69, 9.17) is 4.74 Å². The first-order valence-corrected chi connectivity index (χ1v) is 4.86. The topological polar surface area (TPSA) is 26.3 Å². The average Bonchev–Trinajstić information content (AvgIpc) is 2.35. The van der Waals surface area contributed by atoms with Crippen LogP contribution in [-0.2, 0) is 4.79 Å². The maximum Gasteiger partial charge on any atom is 0.150 e. The third-order valence-electron chi connectivity index (χ3n) is 2.26. The molecular weight excluding hydrogens is 200 g/mol. The molecule has 1 aromatic carbocycles.